The monoisotopic (exact) mass is 411 g/mol. The maximum Gasteiger partial charge on any atom is 0.128 e. The van der Waals surface area contributed by atoms with Crippen LogP contribution < -0.4 is 0 Å². The van der Waals surface area contributed by atoms with Crippen molar-refractivity contribution < 1.29 is 4.39 Å². The summed E-state index contributed by atoms with van der Waals surface area (Å²) in [5, 5.41) is 0. The molecule has 1 aliphatic rings. The van der Waals surface area contributed by atoms with Gasteiger partial charge in [-0.05, 0) is 53.4 Å². The zero-order valence-electron chi connectivity index (χ0n) is 18.6. The molecule has 29 heavy (non-hydrogen) atoms. The first-order valence-electron chi connectivity index (χ1n) is 11.0. The molecule has 0 aliphatic carbocycles. The molecule has 0 amide bonds. The Morgan fingerprint density at radius 1 is 0.966 bits per heavy atom. The number of thiocarbonyl (C=S) groups is 1. The molecular formula is C26H34FNS. The molecule has 0 unspecified atom stereocenters. The molecule has 0 spiro atoms. The topological polar surface area (TPSA) is 3.24 Å². The third-order valence-electron chi connectivity index (χ3n) is 6.12. The van der Waals surface area contributed by atoms with Gasteiger partial charge in [-0.3, -0.25) is 0 Å². The number of nitrogens with zero attached hydrogens (tertiary/aromatic N) is 1. The van der Waals surface area contributed by atoms with Gasteiger partial charge in [0.15, 0.2) is 0 Å². The molecular weight excluding hydrogens is 377 g/mol. The number of rotatable bonds is 5. The van der Waals surface area contributed by atoms with Crippen LogP contribution in [0, 0.1) is 5.82 Å². The summed E-state index contributed by atoms with van der Waals surface area (Å²) in [6.45, 7) is 14.4. The summed E-state index contributed by atoms with van der Waals surface area (Å²) in [5.41, 5.74) is 5.99. The maximum absolute atomic E-state index is 14.6. The summed E-state index contributed by atoms with van der Waals surface area (Å²) >= 11 is 6.13. The van der Waals surface area contributed by atoms with Crippen LogP contribution in [0.4, 0.5) is 4.39 Å². The number of halogens is 1. The van der Waals surface area contributed by atoms with Crippen LogP contribution in [0.5, 0.6) is 0 Å². The number of likely N-dealkylation sites (tertiary alicyclic amines) is 1. The van der Waals surface area contributed by atoms with Crippen molar-refractivity contribution in [2.75, 3.05) is 6.54 Å². The van der Waals surface area contributed by atoms with E-state index in [-0.39, 0.29) is 11.9 Å². The Morgan fingerprint density at radius 2 is 1.55 bits per heavy atom. The van der Waals surface area contributed by atoms with Crippen LogP contribution in [0.3, 0.4) is 0 Å². The van der Waals surface area contributed by atoms with E-state index in [1.165, 1.54) is 22.3 Å². The second-order valence-electron chi connectivity index (χ2n) is 9.22. The summed E-state index contributed by atoms with van der Waals surface area (Å²) in [5.74, 6) is 1.11. The van der Waals surface area contributed by atoms with E-state index in [1.807, 2.05) is 12.1 Å². The van der Waals surface area contributed by atoms with Gasteiger partial charge in [-0.1, -0.05) is 84.1 Å². The second-order valence-corrected chi connectivity index (χ2v) is 9.60. The molecule has 2 aromatic rings. The van der Waals surface area contributed by atoms with Gasteiger partial charge in [-0.15, -0.1) is 0 Å². The van der Waals surface area contributed by atoms with Crippen LogP contribution in [0.1, 0.15) is 106 Å². The van der Waals surface area contributed by atoms with Crippen LogP contribution in [-0.2, 0) is 0 Å². The fourth-order valence-electron chi connectivity index (χ4n) is 4.42. The van der Waals surface area contributed by atoms with Crippen LogP contribution in [0.15, 0.2) is 36.4 Å². The molecule has 0 saturated carbocycles. The largest absolute Gasteiger partial charge is 0.355 e. The van der Waals surface area contributed by atoms with E-state index in [2.05, 4.69) is 58.6 Å². The smallest absolute Gasteiger partial charge is 0.128 e. The number of benzene rings is 2. The van der Waals surface area contributed by atoms with Crippen molar-refractivity contribution in [1.29, 1.82) is 0 Å². The lowest BCUT2D eigenvalue weighted by molar-refractivity contribution is 0.393. The van der Waals surface area contributed by atoms with Crippen molar-refractivity contribution in [2.24, 2.45) is 0 Å². The lowest BCUT2D eigenvalue weighted by atomic mass is 9.84. The minimum absolute atomic E-state index is 0.0218. The van der Waals surface area contributed by atoms with E-state index >= 15 is 0 Å². The Bertz CT molecular complexity index is 855. The van der Waals surface area contributed by atoms with Crippen LogP contribution in [0.2, 0.25) is 0 Å². The van der Waals surface area contributed by atoms with Gasteiger partial charge < -0.3 is 4.90 Å². The Morgan fingerprint density at radius 3 is 2.07 bits per heavy atom. The normalized spacial score (nSPS) is 17.0. The third-order valence-corrected chi connectivity index (χ3v) is 6.56. The molecule has 0 bridgehead atoms. The summed E-state index contributed by atoms with van der Waals surface area (Å²) in [6.07, 6.45) is 1.98. The predicted octanol–water partition coefficient (Wildman–Crippen LogP) is 7.71. The van der Waals surface area contributed by atoms with Crippen LogP contribution in [0.25, 0.3) is 0 Å². The maximum atomic E-state index is 14.6. The van der Waals surface area contributed by atoms with Crippen LogP contribution >= 0.6 is 12.2 Å². The molecule has 156 valence electrons. The van der Waals surface area contributed by atoms with Crippen molar-refractivity contribution in [3.63, 3.8) is 0 Å². The number of hydrogen-bond acceptors (Lipinski definition) is 1. The fourth-order valence-corrected chi connectivity index (χ4v) is 4.88. The zero-order valence-corrected chi connectivity index (χ0v) is 19.4. The van der Waals surface area contributed by atoms with E-state index in [9.17, 15) is 4.39 Å². The molecule has 0 N–H and O–H groups in total. The predicted molar refractivity (Wildman–Crippen MR) is 125 cm³/mol. The van der Waals surface area contributed by atoms with Gasteiger partial charge in [0.2, 0.25) is 0 Å². The van der Waals surface area contributed by atoms with Gasteiger partial charge >= 0.3 is 0 Å². The van der Waals surface area contributed by atoms with Crippen molar-refractivity contribution in [1.82, 2.24) is 4.90 Å². The Hall–Kier alpha value is -1.74. The van der Waals surface area contributed by atoms with Gasteiger partial charge in [0.05, 0.1) is 6.04 Å². The first-order chi connectivity index (χ1) is 13.7. The van der Waals surface area contributed by atoms with E-state index < -0.39 is 0 Å². The van der Waals surface area contributed by atoms with E-state index in [0.717, 1.165) is 29.9 Å². The lowest BCUT2D eigenvalue weighted by Gasteiger charge is -2.32. The Kier molecular flexibility index (Phi) is 6.78. The molecule has 3 rings (SSSR count). The van der Waals surface area contributed by atoms with Gasteiger partial charge in [0.1, 0.15) is 10.8 Å². The Balaban J connectivity index is 2.11. The summed E-state index contributed by atoms with van der Waals surface area (Å²) in [4.78, 5) is 3.16. The SMILES string of the molecule is CC(C)c1cc(C(C)C)c(C(=S)N2CCC[C@@H]2c2ccccc2F)c(C(C)C)c1. The fraction of sp³-hybridized carbons (Fsp3) is 0.500. The molecule has 1 aliphatic heterocycles. The van der Waals surface area contributed by atoms with E-state index in [0.29, 0.717) is 17.8 Å². The molecule has 3 heteroatoms. The zero-order chi connectivity index (χ0) is 21.3. The molecule has 1 atom stereocenters. The minimum atomic E-state index is -0.129. The van der Waals surface area contributed by atoms with Crippen molar-refractivity contribution in [3.8, 4) is 0 Å². The molecule has 1 fully saturated rings. The average Bonchev–Trinajstić information content (AvgIpc) is 3.16. The molecule has 2 aromatic carbocycles. The highest BCUT2D eigenvalue weighted by Gasteiger charge is 2.32. The van der Waals surface area contributed by atoms with Gasteiger partial charge in [-0.2, -0.15) is 0 Å². The third kappa shape index (κ3) is 4.40. The quantitative estimate of drug-likeness (QED) is 0.464. The molecule has 0 radical (unpaired) electrons. The molecule has 1 saturated heterocycles. The lowest BCUT2D eigenvalue weighted by Crippen LogP contribution is -2.32. The highest BCUT2D eigenvalue weighted by atomic mass is 32.1. The van der Waals surface area contributed by atoms with Crippen molar-refractivity contribution in [3.05, 3.63) is 70.0 Å². The molecule has 0 aromatic heterocycles. The van der Waals surface area contributed by atoms with Gasteiger partial charge in [0, 0.05) is 17.7 Å². The van der Waals surface area contributed by atoms with Crippen molar-refractivity contribution >= 4 is 17.2 Å². The summed E-state index contributed by atoms with van der Waals surface area (Å²) in [6, 6.07) is 11.9. The highest BCUT2D eigenvalue weighted by Crippen LogP contribution is 2.39. The van der Waals surface area contributed by atoms with Gasteiger partial charge in [0.25, 0.3) is 0 Å². The first kappa shape index (κ1) is 22.0. The highest BCUT2D eigenvalue weighted by molar-refractivity contribution is 7.80. The average molecular weight is 412 g/mol. The van der Waals surface area contributed by atoms with E-state index in [1.54, 1.807) is 12.1 Å². The van der Waals surface area contributed by atoms with E-state index in [4.69, 9.17) is 12.2 Å². The second kappa shape index (κ2) is 8.95. The van der Waals surface area contributed by atoms with Crippen molar-refractivity contribution in [2.45, 2.75) is 78.2 Å². The summed E-state index contributed by atoms with van der Waals surface area (Å²) < 4.78 is 14.6. The Labute approximate surface area is 181 Å². The summed E-state index contributed by atoms with van der Waals surface area (Å²) in [7, 11) is 0. The van der Waals surface area contributed by atoms with Gasteiger partial charge in [-0.25, -0.2) is 4.39 Å². The minimum Gasteiger partial charge on any atom is -0.355 e. The molecule has 1 heterocycles. The number of hydrogen-bond donors (Lipinski definition) is 0. The standard InChI is InChI=1S/C26H34FNS/c1-16(2)19-14-21(17(3)4)25(22(15-19)18(5)6)26(29)28-13-9-12-24(28)20-10-7-8-11-23(20)27/h7-8,10-11,14-18,24H,9,12-13H2,1-6H3/t24-/m1/s1. The van der Waals surface area contributed by atoms with Crippen LogP contribution in [-0.4, -0.2) is 16.4 Å². The first-order valence-corrected chi connectivity index (χ1v) is 11.4. The molecule has 1 nitrogen and oxygen atoms in total.